The minimum absolute atomic E-state index is 0.188. The number of hydrogen-bond acceptors (Lipinski definition) is 3. The molecule has 0 spiro atoms. The molecule has 3 rings (SSSR count). The number of halogens is 2. The summed E-state index contributed by atoms with van der Waals surface area (Å²) in [7, 11) is 0. The van der Waals surface area contributed by atoms with Crippen LogP contribution < -0.4 is 5.69 Å². The molecule has 2 aromatic carbocycles. The first kappa shape index (κ1) is 16.6. The molecule has 0 radical (unpaired) electrons. The Morgan fingerprint density at radius 1 is 1.12 bits per heavy atom. The van der Waals surface area contributed by atoms with E-state index in [0.717, 1.165) is 10.1 Å². The summed E-state index contributed by atoms with van der Waals surface area (Å²) >= 11 is 12.1. The highest BCUT2D eigenvalue weighted by molar-refractivity contribution is 6.35. The Hall–Kier alpha value is -2.24. The molecule has 0 aliphatic carbocycles. The van der Waals surface area contributed by atoms with Crippen molar-refractivity contribution in [1.29, 1.82) is 0 Å². The number of rotatable bonds is 3. The topological polar surface area (TPSA) is 53.2 Å². The Morgan fingerprint density at radius 3 is 2.50 bits per heavy atom. The van der Waals surface area contributed by atoms with Gasteiger partial charge in [0.2, 0.25) is 0 Å². The maximum atomic E-state index is 12.7. The van der Waals surface area contributed by atoms with Crippen LogP contribution in [-0.4, -0.2) is 21.8 Å². The second kappa shape index (κ2) is 6.71. The molecular weight excluding hydrogens is 351 g/mol. The molecule has 1 heterocycles. The normalized spacial score (nSPS) is 11.0. The summed E-state index contributed by atoms with van der Waals surface area (Å²) in [5.41, 5.74) is 1.38. The lowest BCUT2D eigenvalue weighted by atomic mass is 10.2. The van der Waals surface area contributed by atoms with Gasteiger partial charge in [-0.25, -0.2) is 9.59 Å². The fourth-order valence-corrected chi connectivity index (χ4v) is 3.01. The number of para-hydroxylation sites is 2. The molecule has 0 saturated carbocycles. The van der Waals surface area contributed by atoms with Crippen molar-refractivity contribution in [3.63, 3.8) is 0 Å². The Kier molecular flexibility index (Phi) is 4.64. The van der Waals surface area contributed by atoms with Crippen LogP contribution in [0.1, 0.15) is 12.5 Å². The first-order valence-corrected chi connectivity index (χ1v) is 8.10. The molecule has 0 aliphatic rings. The number of benzene rings is 2. The molecular formula is C17H14Cl2N2O3. The van der Waals surface area contributed by atoms with E-state index in [2.05, 4.69) is 0 Å². The van der Waals surface area contributed by atoms with E-state index < -0.39 is 11.8 Å². The summed E-state index contributed by atoms with van der Waals surface area (Å²) < 4.78 is 7.50. The highest BCUT2D eigenvalue weighted by Crippen LogP contribution is 2.23. The van der Waals surface area contributed by atoms with Crippen molar-refractivity contribution >= 4 is 40.3 Å². The van der Waals surface area contributed by atoms with Gasteiger partial charge in [-0.3, -0.25) is 4.57 Å². The van der Waals surface area contributed by atoms with Crippen LogP contribution in [-0.2, 0) is 11.3 Å². The van der Waals surface area contributed by atoms with E-state index in [4.69, 9.17) is 27.9 Å². The van der Waals surface area contributed by atoms with Gasteiger partial charge in [0.05, 0.1) is 24.2 Å². The predicted octanol–water partition coefficient (Wildman–Crippen LogP) is 4.16. The molecule has 0 bridgehead atoms. The number of carbonyl (C=O) groups is 1. The number of ether oxygens (including phenoxy) is 1. The van der Waals surface area contributed by atoms with Crippen molar-refractivity contribution in [2.75, 3.05) is 6.61 Å². The standard InChI is InChI=1S/C17H14Cl2N2O3/c1-2-24-17(23)21-15-6-4-3-5-14(15)20(16(21)22)10-11-7-8-12(18)9-13(11)19/h3-9H,2,10H2,1H3. The predicted molar refractivity (Wildman–Crippen MR) is 94.2 cm³/mol. The molecule has 7 heteroatoms. The lowest BCUT2D eigenvalue weighted by Gasteiger charge is -2.06. The zero-order valence-corrected chi connectivity index (χ0v) is 14.3. The quantitative estimate of drug-likeness (QED) is 0.700. The van der Waals surface area contributed by atoms with Crippen LogP contribution in [0.25, 0.3) is 11.0 Å². The van der Waals surface area contributed by atoms with Gasteiger partial charge in [-0.15, -0.1) is 0 Å². The monoisotopic (exact) mass is 364 g/mol. The Bertz CT molecular complexity index is 976. The molecule has 5 nitrogen and oxygen atoms in total. The summed E-state index contributed by atoms with van der Waals surface area (Å²) in [5, 5.41) is 0.979. The van der Waals surface area contributed by atoms with Crippen LogP contribution in [0, 0.1) is 0 Å². The van der Waals surface area contributed by atoms with E-state index >= 15 is 0 Å². The zero-order chi connectivity index (χ0) is 17.3. The van der Waals surface area contributed by atoms with E-state index in [-0.39, 0.29) is 13.2 Å². The SMILES string of the molecule is CCOC(=O)n1c(=O)n(Cc2ccc(Cl)cc2Cl)c2ccccc21. The van der Waals surface area contributed by atoms with E-state index in [1.165, 1.54) is 4.57 Å². The second-order valence-corrected chi connectivity index (χ2v) is 5.97. The van der Waals surface area contributed by atoms with Gasteiger partial charge in [0.15, 0.2) is 0 Å². The van der Waals surface area contributed by atoms with E-state index in [0.29, 0.717) is 21.1 Å². The molecule has 3 aromatic rings. The maximum absolute atomic E-state index is 12.7. The second-order valence-electron chi connectivity index (χ2n) is 5.13. The van der Waals surface area contributed by atoms with Gasteiger partial charge in [-0.1, -0.05) is 41.4 Å². The summed E-state index contributed by atoms with van der Waals surface area (Å²) in [6.07, 6.45) is -0.695. The van der Waals surface area contributed by atoms with Gasteiger partial charge in [0, 0.05) is 10.0 Å². The minimum Gasteiger partial charge on any atom is -0.449 e. The van der Waals surface area contributed by atoms with Gasteiger partial charge in [-0.05, 0) is 36.8 Å². The van der Waals surface area contributed by atoms with Gasteiger partial charge in [0.25, 0.3) is 0 Å². The van der Waals surface area contributed by atoms with E-state index in [1.807, 2.05) is 0 Å². The minimum atomic E-state index is -0.695. The zero-order valence-electron chi connectivity index (χ0n) is 12.8. The van der Waals surface area contributed by atoms with Gasteiger partial charge >= 0.3 is 11.8 Å². The number of aromatic nitrogens is 2. The largest absolute Gasteiger partial charge is 0.449 e. The van der Waals surface area contributed by atoms with Gasteiger partial charge in [0.1, 0.15) is 0 Å². The highest BCUT2D eigenvalue weighted by atomic mass is 35.5. The van der Waals surface area contributed by atoms with Crippen molar-refractivity contribution in [2.24, 2.45) is 0 Å². The molecule has 24 heavy (non-hydrogen) atoms. The van der Waals surface area contributed by atoms with E-state index in [9.17, 15) is 9.59 Å². The van der Waals surface area contributed by atoms with Crippen LogP contribution in [0.15, 0.2) is 47.3 Å². The fraction of sp³-hybridized carbons (Fsp3) is 0.176. The average molecular weight is 365 g/mol. The maximum Gasteiger partial charge on any atom is 0.422 e. The smallest absolute Gasteiger partial charge is 0.422 e. The first-order chi connectivity index (χ1) is 11.5. The summed E-state index contributed by atoms with van der Waals surface area (Å²) in [6.45, 7) is 2.10. The average Bonchev–Trinajstić information content (AvgIpc) is 2.82. The number of hydrogen-bond donors (Lipinski definition) is 0. The summed E-state index contributed by atoms with van der Waals surface area (Å²) in [5.74, 6) is 0. The van der Waals surface area contributed by atoms with Crippen LogP contribution in [0.2, 0.25) is 10.0 Å². The van der Waals surface area contributed by atoms with Crippen LogP contribution in [0.5, 0.6) is 0 Å². The van der Waals surface area contributed by atoms with Crippen molar-refractivity contribution in [3.8, 4) is 0 Å². The molecule has 0 aliphatic heterocycles. The molecule has 0 fully saturated rings. The van der Waals surface area contributed by atoms with Gasteiger partial charge in [-0.2, -0.15) is 4.57 Å². The summed E-state index contributed by atoms with van der Waals surface area (Å²) in [4.78, 5) is 24.9. The van der Waals surface area contributed by atoms with Crippen molar-refractivity contribution in [2.45, 2.75) is 13.5 Å². The Balaban J connectivity index is 2.16. The molecule has 0 saturated heterocycles. The van der Waals surface area contributed by atoms with Crippen molar-refractivity contribution in [3.05, 3.63) is 68.6 Å². The lowest BCUT2D eigenvalue weighted by molar-refractivity contribution is 0.154. The lowest BCUT2D eigenvalue weighted by Crippen LogP contribution is -2.30. The molecule has 0 unspecified atom stereocenters. The molecule has 124 valence electrons. The highest BCUT2D eigenvalue weighted by Gasteiger charge is 2.19. The molecule has 0 amide bonds. The van der Waals surface area contributed by atoms with E-state index in [1.54, 1.807) is 49.4 Å². The van der Waals surface area contributed by atoms with Crippen molar-refractivity contribution < 1.29 is 9.53 Å². The van der Waals surface area contributed by atoms with Gasteiger partial charge < -0.3 is 4.74 Å². The number of carbonyl (C=O) groups excluding carboxylic acids is 1. The Labute approximate surface area is 148 Å². The number of nitrogens with zero attached hydrogens (tertiary/aromatic N) is 2. The van der Waals surface area contributed by atoms with Crippen LogP contribution >= 0.6 is 23.2 Å². The van der Waals surface area contributed by atoms with Crippen molar-refractivity contribution in [1.82, 2.24) is 9.13 Å². The number of fused-ring (bicyclic) bond motifs is 1. The summed E-state index contributed by atoms with van der Waals surface area (Å²) in [6, 6.07) is 12.1. The third-order valence-electron chi connectivity index (χ3n) is 3.63. The molecule has 1 aromatic heterocycles. The van der Waals surface area contributed by atoms with Crippen LogP contribution in [0.4, 0.5) is 4.79 Å². The fourth-order valence-electron chi connectivity index (χ4n) is 2.55. The Morgan fingerprint density at radius 2 is 1.83 bits per heavy atom. The molecule has 0 N–H and O–H groups in total. The first-order valence-electron chi connectivity index (χ1n) is 7.34. The molecule has 0 atom stereocenters. The van der Waals surface area contributed by atoms with Crippen LogP contribution in [0.3, 0.4) is 0 Å². The third kappa shape index (κ3) is 2.92. The third-order valence-corrected chi connectivity index (χ3v) is 4.22. The number of imidazole rings is 1.